The molecule has 2 aromatic rings. The maximum absolute atomic E-state index is 12.4. The van der Waals surface area contributed by atoms with E-state index >= 15 is 0 Å². The molecule has 1 aliphatic carbocycles. The highest BCUT2D eigenvalue weighted by Gasteiger charge is 2.43. The van der Waals surface area contributed by atoms with E-state index in [1.165, 1.54) is 18.7 Å². The number of nitrogens with zero attached hydrogens (tertiary/aromatic N) is 1. The Labute approximate surface area is 191 Å². The number of hydrogen-bond donors (Lipinski definition) is 0. The smallest absolute Gasteiger partial charge is 0.318 e. The SMILES string of the molecule is CCCCC1(CCCC)c2ccc(S(C)(=O)=O)cc2/C(=N/OC(C)=O)c2c(C)cccc21. The Morgan fingerprint density at radius 2 is 1.69 bits per heavy atom. The fraction of sp³-hybridized carbons (Fsp3) is 0.462. The Bertz CT molecular complexity index is 1140. The lowest BCUT2D eigenvalue weighted by molar-refractivity contribution is -0.140. The predicted octanol–water partition coefficient (Wildman–Crippen LogP) is 5.69. The van der Waals surface area contributed by atoms with Crippen LogP contribution in [0, 0.1) is 6.92 Å². The van der Waals surface area contributed by atoms with E-state index in [2.05, 4.69) is 31.1 Å². The van der Waals surface area contributed by atoms with Gasteiger partial charge in [-0.05, 0) is 48.6 Å². The third kappa shape index (κ3) is 4.51. The molecule has 0 radical (unpaired) electrons. The summed E-state index contributed by atoms with van der Waals surface area (Å²) in [7, 11) is -3.41. The standard InChI is InChI=1S/C26H33NO4S/c1-6-8-15-26(16-9-7-2)22-14-13-20(32(5,29)30)17-21(22)25(27-31-19(4)28)24-18(3)11-10-12-23(24)26/h10-14,17H,6-9,15-16H2,1-5H3/b27-25-. The first kappa shape index (κ1) is 24.2. The first-order valence-corrected chi connectivity index (χ1v) is 13.3. The van der Waals surface area contributed by atoms with Crippen molar-refractivity contribution in [3.8, 4) is 0 Å². The number of sulfone groups is 1. The summed E-state index contributed by atoms with van der Waals surface area (Å²) in [4.78, 5) is 17.0. The van der Waals surface area contributed by atoms with Crippen LogP contribution in [-0.2, 0) is 24.9 Å². The predicted molar refractivity (Wildman–Crippen MR) is 128 cm³/mol. The van der Waals surface area contributed by atoms with Gasteiger partial charge >= 0.3 is 5.97 Å². The Kier molecular flexibility index (Phi) is 7.23. The average molecular weight is 456 g/mol. The summed E-state index contributed by atoms with van der Waals surface area (Å²) < 4.78 is 24.8. The van der Waals surface area contributed by atoms with E-state index in [0.717, 1.165) is 60.8 Å². The second kappa shape index (κ2) is 9.57. The minimum Gasteiger partial charge on any atom is -0.318 e. The van der Waals surface area contributed by atoms with Crippen LogP contribution >= 0.6 is 0 Å². The number of unbranched alkanes of at least 4 members (excludes halogenated alkanes) is 2. The molecule has 6 heteroatoms. The second-order valence-corrected chi connectivity index (χ2v) is 10.8. The number of oxime groups is 1. The van der Waals surface area contributed by atoms with Crippen LogP contribution < -0.4 is 0 Å². The lowest BCUT2D eigenvalue weighted by atomic mass is 9.61. The third-order valence-electron chi connectivity index (χ3n) is 6.39. The highest BCUT2D eigenvalue weighted by atomic mass is 32.2. The van der Waals surface area contributed by atoms with Crippen molar-refractivity contribution < 1.29 is 18.0 Å². The van der Waals surface area contributed by atoms with Crippen molar-refractivity contribution >= 4 is 21.5 Å². The highest BCUT2D eigenvalue weighted by molar-refractivity contribution is 7.90. The monoisotopic (exact) mass is 455 g/mol. The first-order valence-electron chi connectivity index (χ1n) is 11.4. The Morgan fingerprint density at radius 3 is 2.25 bits per heavy atom. The average Bonchev–Trinajstić information content (AvgIpc) is 2.74. The molecule has 0 aliphatic heterocycles. The van der Waals surface area contributed by atoms with Crippen LogP contribution in [0.4, 0.5) is 0 Å². The van der Waals surface area contributed by atoms with Gasteiger partial charge in [-0.15, -0.1) is 0 Å². The van der Waals surface area contributed by atoms with Crippen molar-refractivity contribution in [2.45, 2.75) is 76.5 Å². The lowest BCUT2D eigenvalue weighted by Crippen LogP contribution is -2.37. The minimum absolute atomic E-state index is 0.240. The van der Waals surface area contributed by atoms with E-state index in [-0.39, 0.29) is 10.3 Å². The summed E-state index contributed by atoms with van der Waals surface area (Å²) in [6, 6.07) is 11.6. The Balaban J connectivity index is 2.42. The van der Waals surface area contributed by atoms with Gasteiger partial charge in [-0.25, -0.2) is 13.2 Å². The molecule has 0 bridgehead atoms. The molecule has 0 amide bonds. The number of fused-ring (bicyclic) bond motifs is 2. The molecule has 0 atom stereocenters. The van der Waals surface area contributed by atoms with Crippen molar-refractivity contribution in [1.82, 2.24) is 0 Å². The topological polar surface area (TPSA) is 72.8 Å². The van der Waals surface area contributed by atoms with Gasteiger partial charge in [-0.3, -0.25) is 0 Å². The molecule has 172 valence electrons. The number of hydrogen-bond acceptors (Lipinski definition) is 5. The molecular formula is C26H33NO4S. The molecule has 0 fully saturated rings. The van der Waals surface area contributed by atoms with E-state index in [9.17, 15) is 13.2 Å². The molecule has 5 nitrogen and oxygen atoms in total. The Hall–Kier alpha value is -2.47. The van der Waals surface area contributed by atoms with Crippen LogP contribution in [0.3, 0.4) is 0 Å². The normalized spacial score (nSPS) is 15.8. The van der Waals surface area contributed by atoms with Gasteiger partial charge in [-0.1, -0.05) is 69.0 Å². The third-order valence-corrected chi connectivity index (χ3v) is 7.50. The van der Waals surface area contributed by atoms with Crippen molar-refractivity contribution in [2.75, 3.05) is 6.26 Å². The molecule has 32 heavy (non-hydrogen) atoms. The number of benzene rings is 2. The maximum Gasteiger partial charge on any atom is 0.332 e. The molecule has 3 rings (SSSR count). The maximum atomic E-state index is 12.4. The number of carbonyl (C=O) groups is 1. The Morgan fingerprint density at radius 1 is 1.03 bits per heavy atom. The zero-order valence-electron chi connectivity index (χ0n) is 19.7. The van der Waals surface area contributed by atoms with Crippen molar-refractivity contribution in [1.29, 1.82) is 0 Å². The molecule has 0 N–H and O–H groups in total. The van der Waals surface area contributed by atoms with Crippen LogP contribution in [0.25, 0.3) is 0 Å². The van der Waals surface area contributed by atoms with Gasteiger partial charge in [0.15, 0.2) is 9.84 Å². The van der Waals surface area contributed by atoms with Crippen LogP contribution in [-0.4, -0.2) is 26.4 Å². The highest BCUT2D eigenvalue weighted by Crippen LogP contribution is 2.49. The van der Waals surface area contributed by atoms with Crippen LogP contribution in [0.1, 0.15) is 87.1 Å². The second-order valence-electron chi connectivity index (χ2n) is 8.79. The van der Waals surface area contributed by atoms with Gasteiger partial charge in [0.1, 0.15) is 5.71 Å². The van der Waals surface area contributed by atoms with Gasteiger partial charge < -0.3 is 4.84 Å². The fourth-order valence-electron chi connectivity index (χ4n) is 4.85. The largest absolute Gasteiger partial charge is 0.332 e. The fourth-order valence-corrected chi connectivity index (χ4v) is 5.50. The van der Waals surface area contributed by atoms with Gasteiger partial charge in [0, 0.05) is 29.7 Å². The summed E-state index contributed by atoms with van der Waals surface area (Å²) in [6.45, 7) is 7.72. The number of aryl methyl sites for hydroxylation is 1. The summed E-state index contributed by atoms with van der Waals surface area (Å²) in [6.07, 6.45) is 7.39. The zero-order chi connectivity index (χ0) is 23.5. The van der Waals surface area contributed by atoms with Gasteiger partial charge in [0.25, 0.3) is 0 Å². The molecule has 1 aliphatic rings. The summed E-state index contributed by atoms with van der Waals surface area (Å²) in [5.41, 5.74) is 5.25. The molecule has 0 spiro atoms. The zero-order valence-corrected chi connectivity index (χ0v) is 20.5. The summed E-state index contributed by atoms with van der Waals surface area (Å²) >= 11 is 0. The van der Waals surface area contributed by atoms with E-state index in [4.69, 9.17) is 4.84 Å². The molecule has 2 aromatic carbocycles. The van der Waals surface area contributed by atoms with E-state index in [1.54, 1.807) is 12.1 Å². The van der Waals surface area contributed by atoms with Gasteiger partial charge in [0.2, 0.25) is 0 Å². The molecule has 0 saturated carbocycles. The van der Waals surface area contributed by atoms with Crippen LogP contribution in [0.15, 0.2) is 46.4 Å². The summed E-state index contributed by atoms with van der Waals surface area (Å²) in [5.74, 6) is -0.512. The molecule has 0 aromatic heterocycles. The summed E-state index contributed by atoms with van der Waals surface area (Å²) in [5, 5.41) is 4.25. The van der Waals surface area contributed by atoms with E-state index < -0.39 is 15.8 Å². The van der Waals surface area contributed by atoms with E-state index in [1.807, 2.05) is 19.1 Å². The minimum atomic E-state index is -3.41. The molecular weight excluding hydrogens is 422 g/mol. The van der Waals surface area contributed by atoms with Crippen molar-refractivity contribution in [2.24, 2.45) is 5.16 Å². The molecule has 0 heterocycles. The van der Waals surface area contributed by atoms with Crippen molar-refractivity contribution in [3.63, 3.8) is 0 Å². The quantitative estimate of drug-likeness (QED) is 0.378. The van der Waals surface area contributed by atoms with Crippen molar-refractivity contribution in [3.05, 3.63) is 64.2 Å². The van der Waals surface area contributed by atoms with Gasteiger partial charge in [0.05, 0.1) is 4.90 Å². The first-order chi connectivity index (χ1) is 15.2. The van der Waals surface area contributed by atoms with Crippen LogP contribution in [0.2, 0.25) is 0 Å². The van der Waals surface area contributed by atoms with Crippen LogP contribution in [0.5, 0.6) is 0 Å². The number of carbonyl (C=O) groups excluding carboxylic acids is 1. The van der Waals surface area contributed by atoms with E-state index in [0.29, 0.717) is 5.71 Å². The lowest BCUT2D eigenvalue weighted by Gasteiger charge is -2.42. The van der Waals surface area contributed by atoms with Gasteiger partial charge in [-0.2, -0.15) is 0 Å². The molecule has 0 unspecified atom stereocenters. The number of rotatable bonds is 8. The molecule has 0 saturated heterocycles.